The number of nitrogens with two attached hydrogens (primary N) is 1. The Hall–Kier alpha value is -1.40. The fraction of sp³-hybridized carbons (Fsp3) is 0.692. The van der Waals surface area contributed by atoms with E-state index in [2.05, 4.69) is 46.5 Å². The molecule has 0 radical (unpaired) electrons. The topological polar surface area (TPSA) is 79.1 Å². The second-order valence-electron chi connectivity index (χ2n) is 5.43. The fourth-order valence-corrected chi connectivity index (χ4v) is 1.95. The summed E-state index contributed by atoms with van der Waals surface area (Å²) in [5.41, 5.74) is 2.59. The standard InChI is InChI=1S/C13H24N6/c1-9(2)13-16-11(8-12(17-13)18-14)15-6-7-19(3)10-4-5-10/h8-10H,4-7,14H2,1-3H3,(H2,15,16,17,18). The van der Waals surface area contributed by atoms with E-state index in [1.165, 1.54) is 12.8 Å². The molecule has 6 nitrogen and oxygen atoms in total. The molecule has 0 aliphatic heterocycles. The fourth-order valence-electron chi connectivity index (χ4n) is 1.95. The monoisotopic (exact) mass is 264 g/mol. The van der Waals surface area contributed by atoms with Gasteiger partial charge in [0.1, 0.15) is 17.5 Å². The second kappa shape index (κ2) is 6.16. The number of nitrogens with zero attached hydrogens (tertiary/aromatic N) is 3. The smallest absolute Gasteiger partial charge is 0.145 e. The Labute approximate surface area is 114 Å². The van der Waals surface area contributed by atoms with E-state index in [4.69, 9.17) is 5.84 Å². The van der Waals surface area contributed by atoms with Gasteiger partial charge in [0.25, 0.3) is 0 Å². The van der Waals surface area contributed by atoms with Gasteiger partial charge in [0.2, 0.25) is 0 Å². The van der Waals surface area contributed by atoms with Gasteiger partial charge < -0.3 is 15.6 Å². The molecule has 6 heteroatoms. The Kier molecular flexibility index (Phi) is 4.55. The number of aromatic nitrogens is 2. The molecule has 2 rings (SSSR count). The number of likely N-dealkylation sites (N-methyl/N-ethyl adjacent to an activating group) is 1. The molecule has 1 aromatic rings. The lowest BCUT2D eigenvalue weighted by Gasteiger charge is -2.16. The molecule has 4 N–H and O–H groups in total. The van der Waals surface area contributed by atoms with Gasteiger partial charge in [0.15, 0.2) is 0 Å². The van der Waals surface area contributed by atoms with E-state index in [-0.39, 0.29) is 5.92 Å². The van der Waals surface area contributed by atoms with Crippen molar-refractivity contribution in [3.05, 3.63) is 11.9 Å². The first-order valence-corrected chi connectivity index (χ1v) is 6.90. The van der Waals surface area contributed by atoms with Crippen molar-refractivity contribution < 1.29 is 0 Å². The van der Waals surface area contributed by atoms with Crippen molar-refractivity contribution in [2.75, 3.05) is 30.9 Å². The summed E-state index contributed by atoms with van der Waals surface area (Å²) in [5, 5.41) is 3.34. The van der Waals surface area contributed by atoms with Crippen LogP contribution in [0.4, 0.5) is 11.6 Å². The van der Waals surface area contributed by atoms with Gasteiger partial charge in [0, 0.05) is 31.1 Å². The van der Waals surface area contributed by atoms with Gasteiger partial charge in [-0.15, -0.1) is 0 Å². The minimum absolute atomic E-state index is 0.281. The van der Waals surface area contributed by atoms with Crippen molar-refractivity contribution in [1.82, 2.24) is 14.9 Å². The van der Waals surface area contributed by atoms with Crippen LogP contribution >= 0.6 is 0 Å². The summed E-state index contributed by atoms with van der Waals surface area (Å²) in [7, 11) is 2.17. The maximum atomic E-state index is 5.44. The summed E-state index contributed by atoms with van der Waals surface area (Å²) in [6.45, 7) is 6.04. The molecule has 0 amide bonds. The molecule has 1 heterocycles. The van der Waals surface area contributed by atoms with E-state index in [0.717, 1.165) is 30.8 Å². The third-order valence-electron chi connectivity index (χ3n) is 3.35. The lowest BCUT2D eigenvalue weighted by atomic mass is 10.2. The van der Waals surface area contributed by atoms with E-state index in [0.29, 0.717) is 5.82 Å². The Bertz CT molecular complexity index is 416. The van der Waals surface area contributed by atoms with E-state index < -0.39 is 0 Å². The van der Waals surface area contributed by atoms with Crippen LogP contribution in [0.15, 0.2) is 6.07 Å². The van der Waals surface area contributed by atoms with Gasteiger partial charge in [-0.25, -0.2) is 15.8 Å². The molecule has 1 fully saturated rings. The highest BCUT2D eigenvalue weighted by molar-refractivity contribution is 5.47. The highest BCUT2D eigenvalue weighted by Crippen LogP contribution is 2.24. The zero-order valence-electron chi connectivity index (χ0n) is 12.0. The second-order valence-corrected chi connectivity index (χ2v) is 5.43. The molecular weight excluding hydrogens is 240 g/mol. The van der Waals surface area contributed by atoms with E-state index >= 15 is 0 Å². The zero-order chi connectivity index (χ0) is 13.8. The molecule has 106 valence electrons. The van der Waals surface area contributed by atoms with Crippen molar-refractivity contribution >= 4 is 11.6 Å². The first kappa shape index (κ1) is 14.0. The highest BCUT2D eigenvalue weighted by Gasteiger charge is 2.25. The predicted octanol–water partition coefficient (Wildman–Crippen LogP) is 1.39. The minimum atomic E-state index is 0.281. The summed E-state index contributed by atoms with van der Waals surface area (Å²) in [5.74, 6) is 8.00. The largest absolute Gasteiger partial charge is 0.369 e. The third kappa shape index (κ3) is 4.04. The minimum Gasteiger partial charge on any atom is -0.369 e. The van der Waals surface area contributed by atoms with Crippen molar-refractivity contribution in [1.29, 1.82) is 0 Å². The van der Waals surface area contributed by atoms with Crippen LogP contribution in [-0.2, 0) is 0 Å². The first-order chi connectivity index (χ1) is 9.10. The highest BCUT2D eigenvalue weighted by atomic mass is 15.3. The molecule has 1 aliphatic carbocycles. The van der Waals surface area contributed by atoms with Crippen LogP contribution in [0.5, 0.6) is 0 Å². The van der Waals surface area contributed by atoms with E-state index in [1.807, 2.05) is 6.07 Å². The molecule has 0 aromatic carbocycles. The average molecular weight is 264 g/mol. The molecular formula is C13H24N6. The van der Waals surface area contributed by atoms with Crippen LogP contribution in [0, 0.1) is 0 Å². The average Bonchev–Trinajstić information content (AvgIpc) is 3.22. The summed E-state index contributed by atoms with van der Waals surface area (Å²) in [6.07, 6.45) is 2.67. The molecule has 0 unspecified atom stereocenters. The number of hydrazine groups is 1. The van der Waals surface area contributed by atoms with Crippen LogP contribution in [0.3, 0.4) is 0 Å². The normalized spacial score (nSPS) is 15.1. The summed E-state index contributed by atoms with van der Waals surface area (Å²) in [4.78, 5) is 11.2. The van der Waals surface area contributed by atoms with Crippen molar-refractivity contribution in [3.8, 4) is 0 Å². The predicted molar refractivity (Wildman–Crippen MR) is 78.1 cm³/mol. The van der Waals surface area contributed by atoms with Crippen LogP contribution in [0.1, 0.15) is 38.4 Å². The van der Waals surface area contributed by atoms with Gasteiger partial charge >= 0.3 is 0 Å². The number of nitrogens with one attached hydrogen (secondary N) is 2. The number of rotatable bonds is 7. The van der Waals surface area contributed by atoms with Gasteiger partial charge in [-0.2, -0.15) is 0 Å². The Morgan fingerprint density at radius 3 is 2.63 bits per heavy atom. The SMILES string of the molecule is CC(C)c1nc(NN)cc(NCCN(C)C2CC2)n1. The zero-order valence-corrected chi connectivity index (χ0v) is 12.0. The Morgan fingerprint density at radius 1 is 1.37 bits per heavy atom. The molecule has 1 saturated carbocycles. The van der Waals surface area contributed by atoms with Crippen LogP contribution in [0.25, 0.3) is 0 Å². The van der Waals surface area contributed by atoms with Crippen molar-refractivity contribution in [2.24, 2.45) is 5.84 Å². The lowest BCUT2D eigenvalue weighted by Crippen LogP contribution is -2.27. The number of nitrogen functional groups attached to an aromatic ring is 1. The molecule has 0 bridgehead atoms. The maximum Gasteiger partial charge on any atom is 0.145 e. The molecule has 0 atom stereocenters. The van der Waals surface area contributed by atoms with Gasteiger partial charge in [-0.3, -0.25) is 0 Å². The van der Waals surface area contributed by atoms with Crippen LogP contribution < -0.4 is 16.6 Å². The summed E-state index contributed by atoms with van der Waals surface area (Å²) < 4.78 is 0. The van der Waals surface area contributed by atoms with E-state index in [1.54, 1.807) is 0 Å². The Balaban J connectivity index is 1.92. The first-order valence-electron chi connectivity index (χ1n) is 6.90. The molecule has 19 heavy (non-hydrogen) atoms. The number of hydrogen-bond donors (Lipinski definition) is 3. The van der Waals surface area contributed by atoms with Gasteiger partial charge in [0.05, 0.1) is 0 Å². The summed E-state index contributed by atoms with van der Waals surface area (Å²) in [6, 6.07) is 2.63. The van der Waals surface area contributed by atoms with Crippen molar-refractivity contribution in [2.45, 2.75) is 38.6 Å². The lowest BCUT2D eigenvalue weighted by molar-refractivity contribution is 0.337. The molecule has 0 spiro atoms. The molecule has 1 aromatic heterocycles. The van der Waals surface area contributed by atoms with Crippen LogP contribution in [-0.4, -0.2) is 41.0 Å². The Morgan fingerprint density at radius 2 is 2.05 bits per heavy atom. The maximum absolute atomic E-state index is 5.44. The molecule has 0 saturated heterocycles. The van der Waals surface area contributed by atoms with Crippen molar-refractivity contribution in [3.63, 3.8) is 0 Å². The number of anilines is 2. The van der Waals surface area contributed by atoms with Gasteiger partial charge in [-0.05, 0) is 19.9 Å². The quantitative estimate of drug-likeness (QED) is 0.510. The van der Waals surface area contributed by atoms with Gasteiger partial charge in [-0.1, -0.05) is 13.8 Å². The molecule has 1 aliphatic rings. The summed E-state index contributed by atoms with van der Waals surface area (Å²) >= 11 is 0. The third-order valence-corrected chi connectivity index (χ3v) is 3.35. The number of hydrogen-bond acceptors (Lipinski definition) is 6. The van der Waals surface area contributed by atoms with E-state index in [9.17, 15) is 0 Å². The van der Waals surface area contributed by atoms with Crippen LogP contribution in [0.2, 0.25) is 0 Å².